The van der Waals surface area contributed by atoms with Crippen LogP contribution in [0.15, 0.2) is 29.8 Å². The Balaban J connectivity index is 1.34. The zero-order valence-electron chi connectivity index (χ0n) is 31.2. The molecule has 0 radical (unpaired) electrons. The van der Waals surface area contributed by atoms with Gasteiger partial charge < -0.3 is 30.1 Å². The van der Waals surface area contributed by atoms with Gasteiger partial charge >= 0.3 is 0 Å². The molecule has 1 fully saturated rings. The minimum absolute atomic E-state index is 0.0475. The molecule has 1 saturated heterocycles. The van der Waals surface area contributed by atoms with Crippen molar-refractivity contribution >= 4 is 40.7 Å². The number of likely N-dealkylation sites (tertiary alicyclic amines) is 1. The van der Waals surface area contributed by atoms with Gasteiger partial charge in [-0.15, -0.1) is 22.9 Å². The smallest absolute Gasteiger partial charge is 0.246 e. The second-order valence-corrected chi connectivity index (χ2v) is 15.9. The van der Waals surface area contributed by atoms with Gasteiger partial charge in [0.25, 0.3) is 0 Å². The molecule has 2 aromatic rings. The summed E-state index contributed by atoms with van der Waals surface area (Å²) < 4.78 is 11.5. The first-order chi connectivity index (χ1) is 24.5. The molecule has 0 aliphatic carbocycles. The Morgan fingerprint density at radius 1 is 0.941 bits per heavy atom. The predicted octanol–water partition coefficient (Wildman–Crippen LogP) is 6.79. The van der Waals surface area contributed by atoms with E-state index in [9.17, 15) is 19.5 Å². The second kappa shape index (κ2) is 23.2. The third kappa shape index (κ3) is 15.5. The van der Waals surface area contributed by atoms with E-state index < -0.39 is 23.6 Å². The summed E-state index contributed by atoms with van der Waals surface area (Å²) >= 11 is 7.28. The summed E-state index contributed by atoms with van der Waals surface area (Å²) in [4.78, 5) is 47.0. The van der Waals surface area contributed by atoms with Crippen molar-refractivity contribution < 1.29 is 29.0 Å². The molecular weight excluding hydrogens is 688 g/mol. The highest BCUT2D eigenvalue weighted by Crippen LogP contribution is 2.28. The number of carbonyl (C=O) groups excluding carboxylic acids is 3. The Hall–Kier alpha value is -2.57. The predicted molar refractivity (Wildman–Crippen MR) is 205 cm³/mol. The molecule has 51 heavy (non-hydrogen) atoms. The maximum absolute atomic E-state index is 13.9. The molecule has 286 valence electrons. The summed E-state index contributed by atoms with van der Waals surface area (Å²) in [6.07, 6.45) is 9.77. The van der Waals surface area contributed by atoms with E-state index in [0.29, 0.717) is 26.0 Å². The van der Waals surface area contributed by atoms with E-state index in [0.717, 1.165) is 92.3 Å². The molecule has 2 heterocycles. The van der Waals surface area contributed by atoms with Crippen LogP contribution in [-0.2, 0) is 30.4 Å². The molecule has 12 heteroatoms. The third-order valence-electron chi connectivity index (χ3n) is 9.15. The number of nitrogens with one attached hydrogen (secondary N) is 2. The summed E-state index contributed by atoms with van der Waals surface area (Å²) in [5.41, 5.74) is 4.21. The topological polar surface area (TPSA) is 130 Å². The minimum Gasteiger partial charge on any atom is -0.391 e. The number of aromatic nitrogens is 1. The molecule has 0 unspecified atom stereocenters. The number of aliphatic hydroxyl groups excluding tert-OH is 1. The number of alkyl halides is 1. The number of rotatable bonds is 24. The van der Waals surface area contributed by atoms with Crippen molar-refractivity contribution in [3.63, 3.8) is 0 Å². The van der Waals surface area contributed by atoms with Crippen LogP contribution < -0.4 is 10.6 Å². The van der Waals surface area contributed by atoms with Crippen LogP contribution in [0.5, 0.6) is 0 Å². The van der Waals surface area contributed by atoms with E-state index in [2.05, 4.69) is 15.6 Å². The molecule has 1 aliphatic heterocycles. The van der Waals surface area contributed by atoms with Gasteiger partial charge in [0.1, 0.15) is 12.1 Å². The Morgan fingerprint density at radius 2 is 1.53 bits per heavy atom. The van der Waals surface area contributed by atoms with Crippen molar-refractivity contribution in [2.24, 2.45) is 5.41 Å². The number of aryl methyl sites for hydroxylation is 1. The van der Waals surface area contributed by atoms with Gasteiger partial charge in [0.05, 0.1) is 22.2 Å². The van der Waals surface area contributed by atoms with Crippen molar-refractivity contribution in [2.45, 2.75) is 129 Å². The highest BCUT2D eigenvalue weighted by molar-refractivity contribution is 7.13. The lowest BCUT2D eigenvalue weighted by Crippen LogP contribution is -2.57. The lowest BCUT2D eigenvalue weighted by Gasteiger charge is -2.35. The summed E-state index contributed by atoms with van der Waals surface area (Å²) in [6.45, 7) is 11.0. The van der Waals surface area contributed by atoms with Crippen LogP contribution in [0.4, 0.5) is 0 Å². The van der Waals surface area contributed by atoms with Crippen molar-refractivity contribution in [3.05, 3.63) is 41.0 Å². The van der Waals surface area contributed by atoms with Gasteiger partial charge in [-0.3, -0.25) is 14.4 Å². The monoisotopic (exact) mass is 748 g/mol. The van der Waals surface area contributed by atoms with Crippen LogP contribution in [0.25, 0.3) is 10.4 Å². The molecule has 10 nitrogen and oxygen atoms in total. The summed E-state index contributed by atoms with van der Waals surface area (Å²) in [5, 5.41) is 16.4. The van der Waals surface area contributed by atoms with Crippen LogP contribution in [0, 0.1) is 12.3 Å². The van der Waals surface area contributed by atoms with Crippen molar-refractivity contribution in [3.8, 4) is 10.4 Å². The van der Waals surface area contributed by atoms with Gasteiger partial charge in [-0.05, 0) is 68.4 Å². The Kier molecular flexibility index (Phi) is 19.5. The van der Waals surface area contributed by atoms with Gasteiger partial charge in [0.2, 0.25) is 17.7 Å². The SMILES string of the molecule is Cc1ncsc1-c1ccc(CNC(=O)[C@@H]2C[C@@H](O)CN2C(=O)[C@@H](NC(=O)CCCCCOCCCCCOCCCCCCCl)C(C)(C)C)cc1. The lowest BCUT2D eigenvalue weighted by atomic mass is 9.85. The number of aliphatic hydroxyl groups is 1. The van der Waals surface area contributed by atoms with Crippen LogP contribution in [-0.4, -0.2) is 89.8 Å². The van der Waals surface area contributed by atoms with Gasteiger partial charge in [-0.2, -0.15) is 0 Å². The van der Waals surface area contributed by atoms with Crippen LogP contribution in [0.3, 0.4) is 0 Å². The molecule has 3 atom stereocenters. The molecule has 3 N–H and O–H groups in total. The number of benzene rings is 1. The number of halogens is 1. The minimum atomic E-state index is -0.830. The third-order valence-corrected chi connectivity index (χ3v) is 10.4. The van der Waals surface area contributed by atoms with Gasteiger partial charge in [0, 0.05) is 58.2 Å². The Labute approximate surface area is 314 Å². The van der Waals surface area contributed by atoms with E-state index in [1.165, 1.54) is 17.7 Å². The molecular formula is C39H61ClN4O6S. The molecule has 1 aliphatic rings. The summed E-state index contributed by atoms with van der Waals surface area (Å²) in [6, 6.07) is 6.30. The van der Waals surface area contributed by atoms with Crippen molar-refractivity contribution in [2.75, 3.05) is 38.9 Å². The standard InChI is InChI=1S/C39H61ClN4O6S/c1-29-35(51-28-42-29)31-18-16-30(17-19-31)26-41-37(47)33-25-32(45)27-44(33)38(48)36(39(2,3)4)43-34(46)15-9-7-12-22-50-24-14-8-13-23-49-21-11-6-5-10-20-40/h16-19,28,32-33,36,45H,5-15,20-27H2,1-4H3,(H,41,47)(H,43,46)/t32-,33+,36-/m1/s1. The number of β-amino-alcohol motifs (C(OH)–C–C–N with tert-alkyl or cyclic N) is 1. The van der Waals surface area contributed by atoms with Gasteiger partial charge in [-0.25, -0.2) is 4.98 Å². The van der Waals surface area contributed by atoms with E-state index >= 15 is 0 Å². The van der Waals surface area contributed by atoms with E-state index in [-0.39, 0.29) is 30.7 Å². The zero-order chi connectivity index (χ0) is 37.1. The zero-order valence-corrected chi connectivity index (χ0v) is 32.8. The molecule has 0 bridgehead atoms. The number of unbranched alkanes of at least 4 members (excludes halogenated alkanes) is 7. The van der Waals surface area contributed by atoms with E-state index in [4.69, 9.17) is 21.1 Å². The maximum atomic E-state index is 13.9. The summed E-state index contributed by atoms with van der Waals surface area (Å²) in [5.74, 6) is -0.126. The molecule has 1 aromatic carbocycles. The van der Waals surface area contributed by atoms with Crippen molar-refractivity contribution in [1.29, 1.82) is 0 Å². The maximum Gasteiger partial charge on any atom is 0.246 e. The largest absolute Gasteiger partial charge is 0.391 e. The molecule has 1 aromatic heterocycles. The molecule has 3 rings (SSSR count). The van der Waals surface area contributed by atoms with Crippen molar-refractivity contribution in [1.82, 2.24) is 20.5 Å². The number of carbonyl (C=O) groups is 3. The number of nitrogens with zero attached hydrogens (tertiary/aromatic N) is 2. The fourth-order valence-corrected chi connectivity index (χ4v) is 7.12. The number of amides is 3. The first kappa shape index (κ1) is 42.8. The summed E-state index contributed by atoms with van der Waals surface area (Å²) in [7, 11) is 0. The molecule has 0 spiro atoms. The number of thiazole rings is 1. The number of hydrogen-bond donors (Lipinski definition) is 3. The highest BCUT2D eigenvalue weighted by atomic mass is 35.5. The van der Waals surface area contributed by atoms with E-state index in [1.807, 2.05) is 57.5 Å². The first-order valence-corrected chi connectivity index (χ1v) is 20.2. The second-order valence-electron chi connectivity index (χ2n) is 14.6. The Bertz CT molecular complexity index is 1320. The quantitative estimate of drug-likeness (QED) is 0.0797. The average molecular weight is 749 g/mol. The van der Waals surface area contributed by atoms with E-state index in [1.54, 1.807) is 11.3 Å². The normalized spacial score (nSPS) is 16.7. The number of ether oxygens (including phenoxy) is 2. The van der Waals surface area contributed by atoms with Crippen LogP contribution in [0.2, 0.25) is 0 Å². The lowest BCUT2D eigenvalue weighted by molar-refractivity contribution is -0.144. The van der Waals surface area contributed by atoms with Gasteiger partial charge in [0.15, 0.2) is 0 Å². The van der Waals surface area contributed by atoms with Crippen LogP contribution in [0.1, 0.15) is 109 Å². The first-order valence-electron chi connectivity index (χ1n) is 18.8. The fraction of sp³-hybridized carbons (Fsp3) is 0.692. The Morgan fingerprint density at radius 3 is 2.10 bits per heavy atom. The number of hydrogen-bond acceptors (Lipinski definition) is 8. The molecule has 0 saturated carbocycles. The van der Waals surface area contributed by atoms with Gasteiger partial charge in [-0.1, -0.05) is 64.3 Å². The molecule has 3 amide bonds. The average Bonchev–Trinajstić information content (AvgIpc) is 3.72. The highest BCUT2D eigenvalue weighted by Gasteiger charge is 2.44. The fourth-order valence-electron chi connectivity index (χ4n) is 6.12. The van der Waals surface area contributed by atoms with Crippen LogP contribution >= 0.6 is 22.9 Å².